The van der Waals surface area contributed by atoms with Crippen molar-refractivity contribution < 1.29 is 0 Å². The van der Waals surface area contributed by atoms with Gasteiger partial charge in [-0.25, -0.2) is 0 Å². The fourth-order valence-electron chi connectivity index (χ4n) is 3.10. The van der Waals surface area contributed by atoms with Crippen LogP contribution in [0.3, 0.4) is 0 Å². The lowest BCUT2D eigenvalue weighted by Crippen LogP contribution is -2.43. The molecule has 0 atom stereocenters. The largest absolute Gasteiger partial charge is 0.314 e. The zero-order chi connectivity index (χ0) is 13.9. The van der Waals surface area contributed by atoms with Crippen molar-refractivity contribution in [3.05, 3.63) is 34.9 Å². The van der Waals surface area contributed by atoms with Crippen molar-refractivity contribution >= 4 is 11.6 Å². The maximum atomic E-state index is 6.20. The van der Waals surface area contributed by atoms with Crippen molar-refractivity contribution in [1.82, 2.24) is 5.32 Å². The maximum absolute atomic E-state index is 6.20. The molecule has 0 aromatic heterocycles. The molecule has 1 nitrogen and oxygen atoms in total. The third kappa shape index (κ3) is 3.73. The Kier molecular flexibility index (Phi) is 4.92. The summed E-state index contributed by atoms with van der Waals surface area (Å²) in [5.41, 5.74) is 1.70. The van der Waals surface area contributed by atoms with Gasteiger partial charge in [-0.2, -0.15) is 0 Å². The molecule has 1 aromatic rings. The summed E-state index contributed by atoms with van der Waals surface area (Å²) in [6.07, 6.45) is 5.20. The maximum Gasteiger partial charge on any atom is 0.0408 e. The van der Waals surface area contributed by atoms with Gasteiger partial charge in [0.15, 0.2) is 0 Å². The van der Waals surface area contributed by atoms with Crippen LogP contribution in [0, 0.1) is 5.92 Å². The molecule has 106 valence electrons. The minimum absolute atomic E-state index is 0.279. The third-order valence-electron chi connectivity index (χ3n) is 4.52. The minimum Gasteiger partial charge on any atom is -0.314 e. The summed E-state index contributed by atoms with van der Waals surface area (Å²) < 4.78 is 0. The molecule has 1 aliphatic carbocycles. The van der Waals surface area contributed by atoms with Gasteiger partial charge < -0.3 is 5.32 Å². The lowest BCUT2D eigenvalue weighted by molar-refractivity contribution is 0.229. The number of hydrogen-bond donors (Lipinski definition) is 1. The topological polar surface area (TPSA) is 12.0 Å². The molecule has 1 saturated carbocycles. The van der Waals surface area contributed by atoms with Gasteiger partial charge in [-0.05, 0) is 49.3 Å². The molecule has 0 amide bonds. The van der Waals surface area contributed by atoms with Gasteiger partial charge >= 0.3 is 0 Å². The Bertz CT molecular complexity index is 405. The fourth-order valence-corrected chi connectivity index (χ4v) is 3.29. The summed E-state index contributed by atoms with van der Waals surface area (Å²) in [7, 11) is 0. The van der Waals surface area contributed by atoms with Crippen LogP contribution in [0.15, 0.2) is 24.3 Å². The molecule has 2 heteroatoms. The second kappa shape index (κ2) is 6.28. The number of nitrogens with one attached hydrogen (secondary N) is 1. The van der Waals surface area contributed by atoms with Gasteiger partial charge in [0, 0.05) is 23.0 Å². The van der Waals surface area contributed by atoms with Crippen LogP contribution in [-0.4, -0.2) is 12.6 Å². The lowest BCUT2D eigenvalue weighted by atomic mass is 9.67. The monoisotopic (exact) mass is 279 g/mol. The van der Waals surface area contributed by atoms with Gasteiger partial charge in [0.25, 0.3) is 0 Å². The van der Waals surface area contributed by atoms with Crippen molar-refractivity contribution in [3.63, 3.8) is 0 Å². The Hall–Kier alpha value is -0.530. The molecule has 0 unspecified atom stereocenters. The average molecular weight is 280 g/mol. The number of halogens is 1. The molecular weight excluding hydrogens is 254 g/mol. The molecule has 1 aromatic carbocycles. The zero-order valence-corrected chi connectivity index (χ0v) is 13.1. The molecule has 0 aliphatic heterocycles. The molecular formula is C17H26ClN. The Balaban J connectivity index is 2.23. The summed E-state index contributed by atoms with van der Waals surface area (Å²) in [6.45, 7) is 7.88. The summed E-state index contributed by atoms with van der Waals surface area (Å²) in [5, 5.41) is 4.51. The Labute approximate surface area is 122 Å². The molecule has 0 bridgehead atoms. The molecule has 0 radical (unpaired) electrons. The van der Waals surface area contributed by atoms with Crippen LogP contribution in [0.4, 0.5) is 0 Å². The average Bonchev–Trinajstić information content (AvgIpc) is 2.38. The highest BCUT2D eigenvalue weighted by Gasteiger charge is 2.35. The molecule has 0 saturated heterocycles. The van der Waals surface area contributed by atoms with Crippen LogP contribution >= 0.6 is 11.6 Å². The van der Waals surface area contributed by atoms with Gasteiger partial charge in [-0.15, -0.1) is 0 Å². The quantitative estimate of drug-likeness (QED) is 0.836. The Morgan fingerprint density at radius 1 is 1.32 bits per heavy atom. The lowest BCUT2D eigenvalue weighted by Gasteiger charge is -2.41. The first-order chi connectivity index (χ1) is 9.02. The van der Waals surface area contributed by atoms with Crippen molar-refractivity contribution in [2.75, 3.05) is 6.54 Å². The summed E-state index contributed by atoms with van der Waals surface area (Å²) in [5.74, 6) is 0.867. The van der Waals surface area contributed by atoms with E-state index in [2.05, 4.69) is 44.3 Å². The molecule has 0 spiro atoms. The smallest absolute Gasteiger partial charge is 0.0408 e. The van der Waals surface area contributed by atoms with E-state index in [4.69, 9.17) is 11.6 Å². The predicted octanol–water partition coefficient (Wildman–Crippen LogP) is 4.79. The van der Waals surface area contributed by atoms with Crippen LogP contribution in [0.5, 0.6) is 0 Å². The van der Waals surface area contributed by atoms with E-state index in [9.17, 15) is 0 Å². The molecule has 0 heterocycles. The van der Waals surface area contributed by atoms with Crippen LogP contribution in [0.2, 0.25) is 5.02 Å². The first kappa shape index (κ1) is 14.9. The predicted molar refractivity (Wildman–Crippen MR) is 83.9 cm³/mol. The normalized spacial score (nSPS) is 27.7. The van der Waals surface area contributed by atoms with Crippen LogP contribution in [0.1, 0.15) is 52.0 Å². The van der Waals surface area contributed by atoms with E-state index in [1.807, 2.05) is 6.07 Å². The summed E-state index contributed by atoms with van der Waals surface area (Å²) in [6, 6.07) is 9.02. The van der Waals surface area contributed by atoms with Crippen molar-refractivity contribution in [3.8, 4) is 0 Å². The Morgan fingerprint density at radius 3 is 2.58 bits per heavy atom. The van der Waals surface area contributed by atoms with Gasteiger partial charge in [0.2, 0.25) is 0 Å². The van der Waals surface area contributed by atoms with E-state index in [0.717, 1.165) is 17.5 Å². The van der Waals surface area contributed by atoms with Crippen LogP contribution < -0.4 is 5.32 Å². The second-order valence-corrected chi connectivity index (χ2v) is 6.95. The van der Waals surface area contributed by atoms with Crippen LogP contribution in [-0.2, 0) is 5.41 Å². The highest BCUT2D eigenvalue weighted by atomic mass is 35.5. The molecule has 1 N–H and O–H groups in total. The van der Waals surface area contributed by atoms with E-state index in [-0.39, 0.29) is 5.41 Å². The zero-order valence-electron chi connectivity index (χ0n) is 12.4. The van der Waals surface area contributed by atoms with Gasteiger partial charge in [-0.1, -0.05) is 44.5 Å². The fraction of sp³-hybridized carbons (Fsp3) is 0.647. The van der Waals surface area contributed by atoms with Crippen molar-refractivity contribution in [1.29, 1.82) is 0 Å². The summed E-state index contributed by atoms with van der Waals surface area (Å²) >= 11 is 6.20. The molecule has 1 aliphatic rings. The number of hydrogen-bond acceptors (Lipinski definition) is 1. The van der Waals surface area contributed by atoms with E-state index in [1.165, 1.54) is 31.2 Å². The first-order valence-electron chi connectivity index (χ1n) is 7.51. The van der Waals surface area contributed by atoms with Gasteiger partial charge in [0.05, 0.1) is 0 Å². The number of rotatable bonds is 4. The van der Waals surface area contributed by atoms with Gasteiger partial charge in [0.1, 0.15) is 0 Å². The minimum atomic E-state index is 0.279. The molecule has 2 rings (SSSR count). The van der Waals surface area contributed by atoms with E-state index < -0.39 is 0 Å². The van der Waals surface area contributed by atoms with E-state index in [1.54, 1.807) is 0 Å². The highest BCUT2D eigenvalue weighted by molar-refractivity contribution is 6.30. The van der Waals surface area contributed by atoms with Crippen LogP contribution in [0.25, 0.3) is 0 Å². The third-order valence-corrected chi connectivity index (χ3v) is 4.75. The Morgan fingerprint density at radius 2 is 2.00 bits per heavy atom. The first-order valence-corrected chi connectivity index (χ1v) is 7.89. The molecule has 1 fully saturated rings. The standard InChI is InChI=1S/C17H26ClN/c1-13(2)19-12-17(9-7-14(3)8-10-17)15-5-4-6-16(18)11-15/h4-6,11,13-14,19H,7-10,12H2,1-3H3. The summed E-state index contributed by atoms with van der Waals surface area (Å²) in [4.78, 5) is 0. The second-order valence-electron chi connectivity index (χ2n) is 6.51. The van der Waals surface area contributed by atoms with E-state index >= 15 is 0 Å². The highest BCUT2D eigenvalue weighted by Crippen LogP contribution is 2.41. The van der Waals surface area contributed by atoms with E-state index in [0.29, 0.717) is 6.04 Å². The van der Waals surface area contributed by atoms with Crippen molar-refractivity contribution in [2.24, 2.45) is 5.92 Å². The SMILES string of the molecule is CC1CCC(CNC(C)C)(c2cccc(Cl)c2)CC1. The number of benzene rings is 1. The van der Waals surface area contributed by atoms with Gasteiger partial charge in [-0.3, -0.25) is 0 Å². The van der Waals surface area contributed by atoms with Crippen molar-refractivity contribution in [2.45, 2.75) is 57.9 Å². The molecule has 19 heavy (non-hydrogen) atoms.